The van der Waals surface area contributed by atoms with Crippen LogP contribution in [0.1, 0.15) is 46.5 Å². The lowest BCUT2D eigenvalue weighted by molar-refractivity contribution is -0.0869. The van der Waals surface area contributed by atoms with Crippen LogP contribution in [0, 0.1) is 5.92 Å². The maximum Gasteiger partial charge on any atom is 0.0655 e. The highest BCUT2D eigenvalue weighted by Gasteiger charge is 2.33. The molecule has 0 aromatic carbocycles. The molecule has 1 aliphatic rings. The van der Waals surface area contributed by atoms with Gasteiger partial charge < -0.3 is 4.74 Å². The van der Waals surface area contributed by atoms with Crippen molar-refractivity contribution < 1.29 is 4.74 Å². The summed E-state index contributed by atoms with van der Waals surface area (Å²) in [5.41, 5.74) is 0.143. The molecule has 1 nitrogen and oxygen atoms in total. The van der Waals surface area contributed by atoms with Crippen LogP contribution in [0.5, 0.6) is 0 Å². The second kappa shape index (κ2) is 4.79. The molecule has 78 valence electrons. The van der Waals surface area contributed by atoms with E-state index in [1.165, 1.54) is 19.3 Å². The fourth-order valence-electron chi connectivity index (χ4n) is 2.06. The minimum atomic E-state index is 0.143. The molecule has 0 aromatic rings. The zero-order chi connectivity index (χ0) is 9.90. The maximum atomic E-state index is 5.82. The van der Waals surface area contributed by atoms with Crippen LogP contribution in [0.25, 0.3) is 0 Å². The van der Waals surface area contributed by atoms with E-state index in [-0.39, 0.29) is 5.60 Å². The van der Waals surface area contributed by atoms with Crippen LogP contribution in [0.15, 0.2) is 0 Å². The van der Waals surface area contributed by atoms with Crippen LogP contribution < -0.4 is 0 Å². The first-order valence-electron chi connectivity index (χ1n) is 5.39. The van der Waals surface area contributed by atoms with Gasteiger partial charge in [-0.15, -0.1) is 0 Å². The van der Waals surface area contributed by atoms with Crippen molar-refractivity contribution in [1.29, 1.82) is 0 Å². The van der Waals surface area contributed by atoms with Crippen LogP contribution in [-0.2, 0) is 4.74 Å². The van der Waals surface area contributed by atoms with Gasteiger partial charge in [-0.25, -0.2) is 0 Å². The lowest BCUT2D eigenvalue weighted by Gasteiger charge is -2.39. The Kier molecular flexibility index (Phi) is 4.24. The number of alkyl halides is 1. The van der Waals surface area contributed by atoms with Crippen molar-refractivity contribution in [2.75, 3.05) is 6.61 Å². The first kappa shape index (κ1) is 11.5. The maximum absolute atomic E-state index is 5.82. The Hall–Kier alpha value is 0.440. The van der Waals surface area contributed by atoms with Gasteiger partial charge in [-0.1, -0.05) is 29.8 Å². The molecule has 0 amide bonds. The monoisotopic (exact) mass is 248 g/mol. The van der Waals surface area contributed by atoms with Crippen molar-refractivity contribution >= 4 is 15.9 Å². The molecule has 1 rings (SSSR count). The Bertz CT molecular complexity index is 160. The van der Waals surface area contributed by atoms with Crippen LogP contribution in [0.2, 0.25) is 0 Å². The van der Waals surface area contributed by atoms with Crippen molar-refractivity contribution in [3.63, 3.8) is 0 Å². The first-order chi connectivity index (χ1) is 6.11. The normalized spacial score (nSPS) is 37.4. The summed E-state index contributed by atoms with van der Waals surface area (Å²) in [5, 5.41) is 0. The summed E-state index contributed by atoms with van der Waals surface area (Å²) in [6, 6.07) is 0. The van der Waals surface area contributed by atoms with Crippen LogP contribution in [0.4, 0.5) is 0 Å². The Morgan fingerprint density at radius 1 is 1.54 bits per heavy atom. The lowest BCUT2D eigenvalue weighted by atomic mass is 9.83. The van der Waals surface area contributed by atoms with Gasteiger partial charge >= 0.3 is 0 Å². The fourth-order valence-corrected chi connectivity index (χ4v) is 2.51. The van der Waals surface area contributed by atoms with E-state index in [1.54, 1.807) is 0 Å². The molecule has 0 saturated carbocycles. The van der Waals surface area contributed by atoms with E-state index >= 15 is 0 Å². The second-order valence-electron chi connectivity index (χ2n) is 4.33. The molecule has 3 unspecified atom stereocenters. The third-order valence-electron chi connectivity index (χ3n) is 3.28. The van der Waals surface area contributed by atoms with Gasteiger partial charge in [-0.05, 0) is 38.5 Å². The molecule has 1 fully saturated rings. The standard InChI is InChI=1S/C11H21BrO/c1-4-10(12)9-6-7-13-11(3,5-2)8-9/h9-10H,4-8H2,1-3H3. The van der Waals surface area contributed by atoms with Gasteiger partial charge in [0.05, 0.1) is 5.60 Å². The summed E-state index contributed by atoms with van der Waals surface area (Å²) >= 11 is 3.76. The van der Waals surface area contributed by atoms with Crippen molar-refractivity contribution in [3.8, 4) is 0 Å². The van der Waals surface area contributed by atoms with E-state index in [4.69, 9.17) is 4.74 Å². The van der Waals surface area contributed by atoms with Crippen LogP contribution in [0.3, 0.4) is 0 Å². The number of ether oxygens (including phenoxy) is 1. The molecule has 0 aromatic heterocycles. The smallest absolute Gasteiger partial charge is 0.0655 e. The molecule has 1 heterocycles. The van der Waals surface area contributed by atoms with Gasteiger partial charge in [0.15, 0.2) is 0 Å². The highest BCUT2D eigenvalue weighted by atomic mass is 79.9. The Morgan fingerprint density at radius 3 is 2.77 bits per heavy atom. The van der Waals surface area contributed by atoms with E-state index in [2.05, 4.69) is 36.7 Å². The number of halogens is 1. The van der Waals surface area contributed by atoms with Crippen molar-refractivity contribution in [2.45, 2.75) is 56.9 Å². The summed E-state index contributed by atoms with van der Waals surface area (Å²) in [4.78, 5) is 0.683. The van der Waals surface area contributed by atoms with Crippen molar-refractivity contribution in [3.05, 3.63) is 0 Å². The topological polar surface area (TPSA) is 9.23 Å². The predicted octanol–water partition coefficient (Wildman–Crippen LogP) is 3.76. The number of rotatable bonds is 3. The van der Waals surface area contributed by atoms with E-state index in [0.29, 0.717) is 4.83 Å². The van der Waals surface area contributed by atoms with Gasteiger partial charge in [0.25, 0.3) is 0 Å². The molecule has 3 atom stereocenters. The van der Waals surface area contributed by atoms with Gasteiger partial charge in [0.2, 0.25) is 0 Å². The largest absolute Gasteiger partial charge is 0.375 e. The summed E-state index contributed by atoms with van der Waals surface area (Å²) in [7, 11) is 0. The molecule has 1 saturated heterocycles. The third kappa shape index (κ3) is 2.95. The van der Waals surface area contributed by atoms with Gasteiger partial charge in [-0.2, -0.15) is 0 Å². The molecular formula is C11H21BrO. The average molecular weight is 249 g/mol. The van der Waals surface area contributed by atoms with Crippen LogP contribution in [-0.4, -0.2) is 17.0 Å². The molecule has 2 heteroatoms. The van der Waals surface area contributed by atoms with Gasteiger partial charge in [-0.3, -0.25) is 0 Å². The predicted molar refractivity (Wildman–Crippen MR) is 60.4 cm³/mol. The molecule has 0 bridgehead atoms. The summed E-state index contributed by atoms with van der Waals surface area (Å²) in [5.74, 6) is 0.809. The Morgan fingerprint density at radius 2 is 2.23 bits per heavy atom. The number of hydrogen-bond acceptors (Lipinski definition) is 1. The molecule has 0 radical (unpaired) electrons. The lowest BCUT2D eigenvalue weighted by Crippen LogP contribution is -2.38. The van der Waals surface area contributed by atoms with E-state index in [9.17, 15) is 0 Å². The van der Waals surface area contributed by atoms with Crippen molar-refractivity contribution in [2.24, 2.45) is 5.92 Å². The Balaban J connectivity index is 2.51. The average Bonchev–Trinajstić information content (AvgIpc) is 2.17. The van der Waals surface area contributed by atoms with Crippen LogP contribution >= 0.6 is 15.9 Å². The Labute approximate surface area is 90.4 Å². The minimum Gasteiger partial charge on any atom is -0.375 e. The SMILES string of the molecule is CCC(Br)C1CCOC(C)(CC)C1. The number of hydrogen-bond donors (Lipinski definition) is 0. The fraction of sp³-hybridized carbons (Fsp3) is 1.00. The third-order valence-corrected chi connectivity index (χ3v) is 4.68. The molecule has 1 aliphatic heterocycles. The van der Waals surface area contributed by atoms with Gasteiger partial charge in [0.1, 0.15) is 0 Å². The summed E-state index contributed by atoms with van der Waals surface area (Å²) < 4.78 is 5.82. The van der Waals surface area contributed by atoms with E-state index < -0.39 is 0 Å². The molecule has 0 spiro atoms. The zero-order valence-corrected chi connectivity index (χ0v) is 10.6. The van der Waals surface area contributed by atoms with Gasteiger partial charge in [0, 0.05) is 11.4 Å². The molecule has 0 aliphatic carbocycles. The second-order valence-corrected chi connectivity index (χ2v) is 5.51. The quantitative estimate of drug-likeness (QED) is 0.692. The molecular weight excluding hydrogens is 228 g/mol. The highest BCUT2D eigenvalue weighted by molar-refractivity contribution is 9.09. The first-order valence-corrected chi connectivity index (χ1v) is 6.31. The molecule has 13 heavy (non-hydrogen) atoms. The summed E-state index contributed by atoms with van der Waals surface area (Å²) in [6.45, 7) is 7.65. The van der Waals surface area contributed by atoms with Crippen molar-refractivity contribution in [1.82, 2.24) is 0 Å². The summed E-state index contributed by atoms with van der Waals surface area (Å²) in [6.07, 6.45) is 4.80. The zero-order valence-electron chi connectivity index (χ0n) is 8.98. The van der Waals surface area contributed by atoms with E-state index in [0.717, 1.165) is 18.9 Å². The molecule has 0 N–H and O–H groups in total. The minimum absolute atomic E-state index is 0.143. The van der Waals surface area contributed by atoms with E-state index in [1.807, 2.05) is 0 Å². The highest BCUT2D eigenvalue weighted by Crippen LogP contribution is 2.36.